The molecule has 0 aliphatic heterocycles. The molecule has 0 atom stereocenters. The smallest absolute Gasteiger partial charge is 0.340 e. The van der Waals surface area contributed by atoms with Gasteiger partial charge in [-0.15, -0.1) is 0 Å². The molecule has 0 N–H and O–H groups in total. The maximum Gasteiger partial charge on any atom is 0.340 e. The summed E-state index contributed by atoms with van der Waals surface area (Å²) in [5.74, 6) is -1.03. The van der Waals surface area contributed by atoms with E-state index in [0.717, 1.165) is 33.4 Å². The van der Waals surface area contributed by atoms with Crippen LogP contribution in [-0.4, -0.2) is 60.8 Å². The van der Waals surface area contributed by atoms with Crippen LogP contribution >= 0.6 is 0 Å². The molecule has 11 nitrogen and oxygen atoms in total. The van der Waals surface area contributed by atoms with Crippen molar-refractivity contribution in [2.24, 2.45) is 0 Å². The first-order valence-corrected chi connectivity index (χ1v) is 18.5. The average Bonchev–Trinajstić information content (AvgIpc) is 3.88. The molecule has 4 aromatic carbocycles. The third-order valence-electron chi connectivity index (χ3n) is 9.42. The Morgan fingerprint density at radius 1 is 0.518 bits per heavy atom. The quantitative estimate of drug-likeness (QED) is 0.113. The van der Waals surface area contributed by atoms with Crippen molar-refractivity contribution in [1.29, 1.82) is 0 Å². The normalized spacial score (nSPS) is 11.4. The minimum Gasteiger partial charge on any atom is -0.462 e. The Hall–Kier alpha value is -6.98. The van der Waals surface area contributed by atoms with Crippen molar-refractivity contribution in [2.75, 3.05) is 19.8 Å². The summed E-state index contributed by atoms with van der Waals surface area (Å²) in [5.41, 5.74) is 9.00. The number of carbonyl (C=O) groups excluding carboxylic acids is 2. The highest BCUT2D eigenvalue weighted by atomic mass is 16.5. The zero-order chi connectivity index (χ0) is 38.6. The molecule has 278 valence electrons. The van der Waals surface area contributed by atoms with Crippen molar-refractivity contribution in [3.8, 4) is 44.8 Å². The minimum absolute atomic E-state index is 0.193. The third-order valence-corrected chi connectivity index (χ3v) is 9.42. The van der Waals surface area contributed by atoms with Gasteiger partial charge in [-0.3, -0.25) is 9.13 Å². The molecule has 0 fully saturated rings. The number of fused-ring (bicyclic) bond motifs is 2. The van der Waals surface area contributed by atoms with Crippen LogP contribution in [-0.2, 0) is 14.2 Å². The zero-order valence-electron chi connectivity index (χ0n) is 31.1. The van der Waals surface area contributed by atoms with Crippen LogP contribution in [0.25, 0.3) is 67.1 Å². The van der Waals surface area contributed by atoms with Gasteiger partial charge in [0.05, 0.1) is 35.7 Å². The molecule has 0 bridgehead atoms. The number of hydrogen-bond acceptors (Lipinski definition) is 9. The van der Waals surface area contributed by atoms with Crippen LogP contribution in [0.4, 0.5) is 0 Å². The van der Waals surface area contributed by atoms with E-state index in [1.807, 2.05) is 91.9 Å². The molecule has 0 spiro atoms. The number of benzene rings is 4. The second-order valence-electron chi connectivity index (χ2n) is 12.9. The molecule has 8 rings (SSSR count). The number of rotatable bonds is 12. The van der Waals surface area contributed by atoms with Crippen LogP contribution in [0, 0.1) is 0 Å². The lowest BCUT2D eigenvalue weighted by atomic mass is 10.0. The first-order chi connectivity index (χ1) is 27.5. The van der Waals surface area contributed by atoms with Crippen molar-refractivity contribution >= 4 is 34.3 Å². The van der Waals surface area contributed by atoms with Gasteiger partial charge < -0.3 is 14.2 Å². The van der Waals surface area contributed by atoms with Gasteiger partial charge in [0.1, 0.15) is 23.7 Å². The van der Waals surface area contributed by atoms with Crippen LogP contribution in [0.15, 0.2) is 134 Å². The van der Waals surface area contributed by atoms with Gasteiger partial charge in [-0.2, -0.15) is 0 Å². The number of carbonyl (C=O) groups is 2. The Morgan fingerprint density at radius 2 is 0.893 bits per heavy atom. The summed E-state index contributed by atoms with van der Waals surface area (Å²) in [6.45, 7) is 6.08. The van der Waals surface area contributed by atoms with Gasteiger partial charge >= 0.3 is 11.9 Å². The molecule has 0 saturated carbocycles. The number of ether oxygens (including phenoxy) is 3. The monoisotopic (exact) mass is 742 g/mol. The van der Waals surface area contributed by atoms with Gasteiger partial charge in [0, 0.05) is 17.7 Å². The minimum atomic E-state index is -0.911. The highest BCUT2D eigenvalue weighted by Crippen LogP contribution is 2.32. The number of hydrogen-bond donors (Lipinski definition) is 0. The molecule has 0 amide bonds. The van der Waals surface area contributed by atoms with E-state index in [0.29, 0.717) is 40.3 Å². The largest absolute Gasteiger partial charge is 0.462 e. The number of imidazole rings is 2. The lowest BCUT2D eigenvalue weighted by molar-refractivity contribution is -0.00689. The fourth-order valence-corrected chi connectivity index (χ4v) is 6.73. The van der Waals surface area contributed by atoms with Gasteiger partial charge in [0.2, 0.25) is 6.35 Å². The molecular formula is C45H38N6O5. The molecule has 11 heteroatoms. The van der Waals surface area contributed by atoms with Crippen molar-refractivity contribution < 1.29 is 23.8 Å². The fourth-order valence-electron chi connectivity index (χ4n) is 6.73. The van der Waals surface area contributed by atoms with Gasteiger partial charge in [-0.25, -0.2) is 29.5 Å². The Morgan fingerprint density at radius 3 is 1.27 bits per heavy atom. The Balaban J connectivity index is 1.26. The summed E-state index contributed by atoms with van der Waals surface area (Å²) in [5, 5.41) is 0. The highest BCUT2D eigenvalue weighted by molar-refractivity contribution is 6.03. The molecular weight excluding hydrogens is 705 g/mol. The zero-order valence-corrected chi connectivity index (χ0v) is 31.1. The van der Waals surface area contributed by atoms with Gasteiger partial charge in [-0.05, 0) is 55.2 Å². The summed E-state index contributed by atoms with van der Waals surface area (Å²) in [6.07, 6.45) is 2.24. The van der Waals surface area contributed by atoms with E-state index in [-0.39, 0.29) is 24.3 Å². The van der Waals surface area contributed by atoms with Crippen molar-refractivity contribution in [1.82, 2.24) is 29.1 Å². The van der Waals surface area contributed by atoms with E-state index in [9.17, 15) is 9.59 Å². The first kappa shape index (κ1) is 36.0. The van der Waals surface area contributed by atoms with Gasteiger partial charge in [0.15, 0.2) is 11.3 Å². The first-order valence-electron chi connectivity index (χ1n) is 18.5. The Kier molecular flexibility index (Phi) is 10.2. The van der Waals surface area contributed by atoms with Crippen LogP contribution in [0.3, 0.4) is 0 Å². The standard InChI is InChI=1S/C45H38N6O5/c1-4-54-43(52)35-25-37(33-21-17-31(18-22-33)29-13-9-7-10-14-29)48-41-39(35)46-27-50(41)45(56-6-3)51-28-47-40-36(44(53)55-5-2)26-38(49-42(40)51)34-23-19-32(20-24-34)30-15-11-8-12-16-30/h7-28,45H,4-6H2,1-3H3. The summed E-state index contributed by atoms with van der Waals surface area (Å²) >= 11 is 0. The molecule has 0 aliphatic carbocycles. The van der Waals surface area contributed by atoms with E-state index in [1.165, 1.54) is 0 Å². The summed E-state index contributed by atoms with van der Waals surface area (Å²) in [7, 11) is 0. The van der Waals surface area contributed by atoms with Crippen LogP contribution < -0.4 is 0 Å². The summed E-state index contributed by atoms with van der Waals surface area (Å²) < 4.78 is 20.8. The molecule has 4 heterocycles. The van der Waals surface area contributed by atoms with E-state index in [4.69, 9.17) is 24.2 Å². The fraction of sp³-hybridized carbons (Fsp3) is 0.156. The molecule has 8 aromatic rings. The number of esters is 2. The molecule has 0 aliphatic rings. The van der Waals surface area contributed by atoms with Crippen molar-refractivity contribution in [3.63, 3.8) is 0 Å². The molecule has 0 saturated heterocycles. The predicted octanol–water partition coefficient (Wildman–Crippen LogP) is 9.24. The maximum absolute atomic E-state index is 13.4. The average molecular weight is 743 g/mol. The molecule has 4 aromatic heterocycles. The third kappa shape index (κ3) is 6.91. The van der Waals surface area contributed by atoms with E-state index in [1.54, 1.807) is 47.8 Å². The lowest BCUT2D eigenvalue weighted by Gasteiger charge is -2.21. The molecule has 56 heavy (non-hydrogen) atoms. The topological polar surface area (TPSA) is 123 Å². The van der Waals surface area contributed by atoms with E-state index < -0.39 is 18.3 Å². The maximum atomic E-state index is 13.4. The predicted molar refractivity (Wildman–Crippen MR) is 215 cm³/mol. The Bertz CT molecular complexity index is 2470. The SMILES string of the molecule is CCOC(=O)c1cc(-c2ccc(-c3ccccc3)cc2)nc2c1ncn2C(OCC)n1cnc2c(C(=O)OCC)cc(-c3ccc(-c4ccccc4)cc3)nc21. The lowest BCUT2D eigenvalue weighted by Crippen LogP contribution is -2.21. The van der Waals surface area contributed by atoms with Crippen molar-refractivity contribution in [3.05, 3.63) is 145 Å². The van der Waals surface area contributed by atoms with Gasteiger partial charge in [-0.1, -0.05) is 109 Å². The summed E-state index contributed by atoms with van der Waals surface area (Å²) in [4.78, 5) is 46.3. The Labute approximate surface area is 323 Å². The van der Waals surface area contributed by atoms with Gasteiger partial charge in [0.25, 0.3) is 0 Å². The summed E-state index contributed by atoms with van der Waals surface area (Å²) in [6, 6.07) is 39.6. The van der Waals surface area contributed by atoms with Crippen LogP contribution in [0.1, 0.15) is 47.8 Å². The number of aromatic nitrogens is 6. The molecule has 0 radical (unpaired) electrons. The second-order valence-corrected chi connectivity index (χ2v) is 12.9. The molecule has 0 unspecified atom stereocenters. The van der Waals surface area contributed by atoms with E-state index in [2.05, 4.69) is 34.2 Å². The van der Waals surface area contributed by atoms with Crippen LogP contribution in [0.2, 0.25) is 0 Å². The van der Waals surface area contributed by atoms with Crippen molar-refractivity contribution in [2.45, 2.75) is 27.1 Å². The van der Waals surface area contributed by atoms with E-state index >= 15 is 0 Å². The highest BCUT2D eigenvalue weighted by Gasteiger charge is 2.27. The number of pyridine rings is 2. The number of nitrogens with zero attached hydrogens (tertiary/aromatic N) is 6. The van der Waals surface area contributed by atoms with Crippen LogP contribution in [0.5, 0.6) is 0 Å². The second kappa shape index (κ2) is 15.8.